The lowest BCUT2D eigenvalue weighted by Gasteiger charge is -2.31. The van der Waals surface area contributed by atoms with Crippen LogP contribution in [0.3, 0.4) is 0 Å². The Morgan fingerprint density at radius 3 is 1.63 bits per heavy atom. The van der Waals surface area contributed by atoms with Crippen molar-refractivity contribution in [3.8, 4) is 0 Å². The van der Waals surface area contributed by atoms with E-state index >= 15 is 0 Å². The fourth-order valence-corrected chi connectivity index (χ4v) is 3.56. The molecule has 1 nitrogen and oxygen atoms in total. The van der Waals surface area contributed by atoms with Crippen LogP contribution < -0.4 is 5.32 Å². The second kappa shape index (κ2) is 6.69. The first-order valence-corrected chi connectivity index (χ1v) is 8.46. The summed E-state index contributed by atoms with van der Waals surface area (Å²) in [6.45, 7) is 2.34. The van der Waals surface area contributed by atoms with E-state index in [-0.39, 0.29) is 5.54 Å². The predicted octanol–water partition coefficient (Wildman–Crippen LogP) is 2.14. The van der Waals surface area contributed by atoms with Gasteiger partial charge in [0.15, 0.2) is 0 Å². The minimum atomic E-state index is 0.143. The molecule has 0 saturated heterocycles. The standard InChI is InChI=1S/C17H23NSi/c1-17(18-14-19,12-15-8-4-2-5-9-15)13-16-10-6-3-7-11-16/h2-11,18H,12-14H2,1,19H3. The molecule has 19 heavy (non-hydrogen) atoms. The van der Waals surface area contributed by atoms with E-state index in [4.69, 9.17) is 0 Å². The van der Waals surface area contributed by atoms with Gasteiger partial charge >= 0.3 is 0 Å². The number of rotatable bonds is 6. The van der Waals surface area contributed by atoms with Gasteiger partial charge in [-0.1, -0.05) is 60.7 Å². The van der Waals surface area contributed by atoms with E-state index in [0.717, 1.165) is 19.0 Å². The molecule has 0 aliphatic rings. The van der Waals surface area contributed by atoms with E-state index in [0.29, 0.717) is 0 Å². The van der Waals surface area contributed by atoms with Gasteiger partial charge in [-0.2, -0.15) is 0 Å². The molecule has 0 fully saturated rings. The molecule has 2 heteroatoms. The van der Waals surface area contributed by atoms with E-state index in [9.17, 15) is 0 Å². The molecule has 0 aliphatic heterocycles. The summed E-state index contributed by atoms with van der Waals surface area (Å²) in [5.74, 6) is 0. The van der Waals surface area contributed by atoms with Crippen LogP contribution in [-0.2, 0) is 12.8 Å². The Balaban J connectivity index is 2.13. The van der Waals surface area contributed by atoms with Crippen molar-refractivity contribution in [1.82, 2.24) is 5.32 Å². The van der Waals surface area contributed by atoms with Gasteiger partial charge in [0, 0.05) is 15.8 Å². The van der Waals surface area contributed by atoms with Crippen LogP contribution in [0.25, 0.3) is 0 Å². The van der Waals surface area contributed by atoms with Crippen LogP contribution in [0.2, 0.25) is 0 Å². The van der Waals surface area contributed by atoms with Crippen molar-refractivity contribution in [2.75, 3.05) is 6.17 Å². The van der Waals surface area contributed by atoms with Crippen molar-refractivity contribution in [1.29, 1.82) is 0 Å². The number of benzene rings is 2. The quantitative estimate of drug-likeness (QED) is 0.792. The van der Waals surface area contributed by atoms with Gasteiger partial charge in [-0.15, -0.1) is 0 Å². The van der Waals surface area contributed by atoms with Gasteiger partial charge in [-0.05, 0) is 37.1 Å². The maximum absolute atomic E-state index is 3.72. The second-order valence-corrected chi connectivity index (χ2v) is 6.12. The van der Waals surface area contributed by atoms with Crippen LogP contribution in [0.5, 0.6) is 0 Å². The van der Waals surface area contributed by atoms with Crippen LogP contribution in [0, 0.1) is 0 Å². The first-order valence-electron chi connectivity index (χ1n) is 7.05. The van der Waals surface area contributed by atoms with Crippen LogP contribution in [-0.4, -0.2) is 21.9 Å². The Bertz CT molecular complexity index is 440. The molecular weight excluding hydrogens is 246 g/mol. The normalized spacial score (nSPS) is 11.6. The summed E-state index contributed by atoms with van der Waals surface area (Å²) in [5, 5.41) is 3.72. The summed E-state index contributed by atoms with van der Waals surface area (Å²) in [6.07, 6.45) is 3.28. The largest absolute Gasteiger partial charge is 0.315 e. The maximum Gasteiger partial charge on any atom is 0.0230 e. The van der Waals surface area contributed by atoms with Crippen molar-refractivity contribution in [2.45, 2.75) is 25.3 Å². The van der Waals surface area contributed by atoms with E-state index < -0.39 is 0 Å². The molecule has 0 aromatic heterocycles. The fourth-order valence-electron chi connectivity index (χ4n) is 2.71. The number of hydrogen-bond acceptors (Lipinski definition) is 1. The second-order valence-electron chi connectivity index (χ2n) is 5.42. The van der Waals surface area contributed by atoms with Gasteiger partial charge in [-0.25, -0.2) is 0 Å². The first-order chi connectivity index (χ1) is 9.22. The molecule has 1 N–H and O–H groups in total. The maximum atomic E-state index is 3.72. The smallest absolute Gasteiger partial charge is 0.0230 e. The summed E-state index contributed by atoms with van der Waals surface area (Å²) in [6, 6.07) is 21.5. The third-order valence-electron chi connectivity index (χ3n) is 3.48. The van der Waals surface area contributed by atoms with E-state index in [2.05, 4.69) is 72.9 Å². The lowest BCUT2D eigenvalue weighted by atomic mass is 9.86. The van der Waals surface area contributed by atoms with Crippen molar-refractivity contribution >= 4 is 10.2 Å². The Labute approximate surface area is 119 Å². The average Bonchev–Trinajstić information content (AvgIpc) is 2.41. The van der Waals surface area contributed by atoms with Crippen LogP contribution in [0.15, 0.2) is 60.7 Å². The molecule has 0 spiro atoms. The molecule has 2 rings (SSSR count). The van der Waals surface area contributed by atoms with E-state index in [1.807, 2.05) is 0 Å². The van der Waals surface area contributed by atoms with Gasteiger partial charge in [-0.3, -0.25) is 0 Å². The summed E-state index contributed by atoms with van der Waals surface area (Å²) in [5.41, 5.74) is 2.96. The molecule has 2 aromatic rings. The highest BCUT2D eigenvalue weighted by Gasteiger charge is 2.23. The van der Waals surface area contributed by atoms with Gasteiger partial charge in [0.05, 0.1) is 0 Å². The Morgan fingerprint density at radius 1 is 0.842 bits per heavy atom. The SMILES string of the molecule is CC(Cc1ccccc1)(Cc1ccccc1)NC[SiH3]. The summed E-state index contributed by atoms with van der Waals surface area (Å²) in [7, 11) is 1.19. The molecule has 0 bridgehead atoms. The first kappa shape index (κ1) is 14.0. The third kappa shape index (κ3) is 4.34. The van der Waals surface area contributed by atoms with E-state index in [1.54, 1.807) is 0 Å². The van der Waals surface area contributed by atoms with Gasteiger partial charge in [0.2, 0.25) is 0 Å². The van der Waals surface area contributed by atoms with E-state index in [1.165, 1.54) is 21.4 Å². The predicted molar refractivity (Wildman–Crippen MR) is 86.6 cm³/mol. The Morgan fingerprint density at radius 2 is 1.26 bits per heavy atom. The summed E-state index contributed by atoms with van der Waals surface area (Å²) >= 11 is 0. The van der Waals surface area contributed by atoms with Crippen molar-refractivity contribution < 1.29 is 0 Å². The molecule has 100 valence electrons. The molecular formula is C17H23NSi. The average molecular weight is 269 g/mol. The van der Waals surface area contributed by atoms with Crippen LogP contribution in [0.1, 0.15) is 18.1 Å². The third-order valence-corrected chi connectivity index (χ3v) is 3.83. The van der Waals surface area contributed by atoms with Crippen LogP contribution in [0.4, 0.5) is 0 Å². The van der Waals surface area contributed by atoms with Crippen molar-refractivity contribution in [3.63, 3.8) is 0 Å². The molecule has 0 amide bonds. The lowest BCUT2D eigenvalue weighted by Crippen LogP contribution is -2.46. The molecule has 0 saturated carbocycles. The summed E-state index contributed by atoms with van der Waals surface area (Å²) in [4.78, 5) is 0. The minimum Gasteiger partial charge on any atom is -0.315 e. The molecule has 0 atom stereocenters. The van der Waals surface area contributed by atoms with Crippen molar-refractivity contribution in [3.05, 3.63) is 71.8 Å². The highest BCUT2D eigenvalue weighted by molar-refractivity contribution is 6.08. The number of nitrogens with one attached hydrogen (secondary N) is 1. The zero-order chi connectivity index (χ0) is 13.6. The minimum absolute atomic E-state index is 0.143. The molecule has 0 aliphatic carbocycles. The zero-order valence-electron chi connectivity index (χ0n) is 11.9. The highest BCUT2D eigenvalue weighted by atomic mass is 28.1. The summed E-state index contributed by atoms with van der Waals surface area (Å²) < 4.78 is 0. The Kier molecular flexibility index (Phi) is 4.94. The highest BCUT2D eigenvalue weighted by Crippen LogP contribution is 2.18. The monoisotopic (exact) mass is 269 g/mol. The molecule has 0 unspecified atom stereocenters. The number of hydrogen-bond donors (Lipinski definition) is 1. The topological polar surface area (TPSA) is 12.0 Å². The zero-order valence-corrected chi connectivity index (χ0v) is 13.9. The Hall–Kier alpha value is -1.38. The molecule has 2 aromatic carbocycles. The fraction of sp³-hybridized carbons (Fsp3) is 0.294. The van der Waals surface area contributed by atoms with Crippen LogP contribution >= 0.6 is 0 Å². The van der Waals surface area contributed by atoms with Gasteiger partial charge in [0.1, 0.15) is 0 Å². The molecule has 0 heterocycles. The molecule has 0 radical (unpaired) electrons. The van der Waals surface area contributed by atoms with Gasteiger partial charge < -0.3 is 5.32 Å². The lowest BCUT2D eigenvalue weighted by molar-refractivity contribution is 0.372. The van der Waals surface area contributed by atoms with Gasteiger partial charge in [0.25, 0.3) is 0 Å². The van der Waals surface area contributed by atoms with Crippen molar-refractivity contribution in [2.24, 2.45) is 0 Å².